The molecule has 1 fully saturated rings. The summed E-state index contributed by atoms with van der Waals surface area (Å²) in [5.41, 5.74) is 7.87. The number of hydrogen-bond donors (Lipinski definition) is 1. The Balaban J connectivity index is 0.00000193. The summed E-state index contributed by atoms with van der Waals surface area (Å²) in [6, 6.07) is 26.5. The molecule has 0 aromatic heterocycles. The number of hydrogen-bond acceptors (Lipinski definition) is 2. The molecule has 2 heterocycles. The molecule has 2 nitrogen and oxygen atoms in total. The maximum atomic E-state index is 11.6. The summed E-state index contributed by atoms with van der Waals surface area (Å²) in [6.07, 6.45) is 3.83. The van der Waals surface area contributed by atoms with E-state index in [0.29, 0.717) is 12.0 Å². The van der Waals surface area contributed by atoms with Crippen LogP contribution in [0.5, 0.6) is 0 Å². The average Bonchev–Trinajstić information content (AvgIpc) is 2.93. The first-order valence-corrected chi connectivity index (χ1v) is 10.9. The molecule has 6 rings (SSSR count). The van der Waals surface area contributed by atoms with Crippen molar-refractivity contribution in [2.24, 2.45) is 0 Å². The topological polar surface area (TPSA) is 23.5 Å². The maximum Gasteiger partial charge on any atom is 0.0926 e. The van der Waals surface area contributed by atoms with E-state index in [2.05, 4.69) is 59.5 Å². The lowest BCUT2D eigenvalue weighted by molar-refractivity contribution is -0.0571. The van der Waals surface area contributed by atoms with Gasteiger partial charge >= 0.3 is 0 Å². The van der Waals surface area contributed by atoms with Gasteiger partial charge in [-0.2, -0.15) is 0 Å². The Kier molecular flexibility index (Phi) is 4.97. The SMILES string of the molecule is Cl.O[C@]1(c2ccccc2)CCN2C[C@@H]3c4ccccc4CCc4cccc(c43)[C@H]2C1. The van der Waals surface area contributed by atoms with Crippen LogP contribution in [-0.4, -0.2) is 23.1 Å². The summed E-state index contributed by atoms with van der Waals surface area (Å²) in [5, 5.41) is 11.6. The van der Waals surface area contributed by atoms with Gasteiger partial charge in [0.05, 0.1) is 5.60 Å². The summed E-state index contributed by atoms with van der Waals surface area (Å²) < 4.78 is 0. The van der Waals surface area contributed by atoms with Crippen molar-refractivity contribution < 1.29 is 5.11 Å². The molecule has 0 radical (unpaired) electrons. The zero-order valence-corrected chi connectivity index (χ0v) is 17.9. The Hall–Kier alpha value is -2.13. The highest BCUT2D eigenvalue weighted by Gasteiger charge is 2.45. The smallest absolute Gasteiger partial charge is 0.0926 e. The van der Waals surface area contributed by atoms with Crippen LogP contribution in [0.2, 0.25) is 0 Å². The van der Waals surface area contributed by atoms with Gasteiger partial charge in [-0.25, -0.2) is 0 Å². The molecule has 0 unspecified atom stereocenters. The van der Waals surface area contributed by atoms with Crippen LogP contribution in [0, 0.1) is 0 Å². The summed E-state index contributed by atoms with van der Waals surface area (Å²) in [6.45, 7) is 2.01. The molecule has 1 saturated heterocycles. The van der Waals surface area contributed by atoms with Gasteiger partial charge in [0.15, 0.2) is 0 Å². The lowest BCUT2D eigenvalue weighted by Crippen LogP contribution is -2.48. The van der Waals surface area contributed by atoms with E-state index < -0.39 is 5.60 Å². The number of benzene rings is 3. The zero-order chi connectivity index (χ0) is 19.4. The fraction of sp³-hybridized carbons (Fsp3) is 0.333. The van der Waals surface area contributed by atoms with Crippen LogP contribution in [-0.2, 0) is 18.4 Å². The van der Waals surface area contributed by atoms with Crippen LogP contribution in [0.25, 0.3) is 0 Å². The molecule has 2 aliphatic heterocycles. The van der Waals surface area contributed by atoms with E-state index in [4.69, 9.17) is 0 Å². The number of halogens is 1. The van der Waals surface area contributed by atoms with Gasteiger partial charge in [0, 0.05) is 31.5 Å². The van der Waals surface area contributed by atoms with Crippen molar-refractivity contribution in [3.05, 3.63) is 106 Å². The van der Waals surface area contributed by atoms with Gasteiger partial charge in [0.1, 0.15) is 0 Å². The fourth-order valence-corrected chi connectivity index (χ4v) is 6.09. The van der Waals surface area contributed by atoms with Crippen LogP contribution in [0.3, 0.4) is 0 Å². The Labute approximate surface area is 185 Å². The van der Waals surface area contributed by atoms with Gasteiger partial charge in [-0.15, -0.1) is 12.4 Å². The predicted molar refractivity (Wildman–Crippen MR) is 123 cm³/mol. The maximum absolute atomic E-state index is 11.6. The van der Waals surface area contributed by atoms with E-state index in [9.17, 15) is 5.11 Å². The Morgan fingerprint density at radius 3 is 2.37 bits per heavy atom. The molecule has 3 heteroatoms. The van der Waals surface area contributed by atoms with Crippen molar-refractivity contribution in [3.63, 3.8) is 0 Å². The summed E-state index contributed by atoms with van der Waals surface area (Å²) >= 11 is 0. The second kappa shape index (κ2) is 7.53. The molecule has 3 aliphatic rings. The normalized spacial score (nSPS) is 27.1. The quantitative estimate of drug-likeness (QED) is 0.574. The molecule has 0 saturated carbocycles. The van der Waals surface area contributed by atoms with Gasteiger partial charge < -0.3 is 5.11 Å². The van der Waals surface area contributed by atoms with Crippen LogP contribution >= 0.6 is 12.4 Å². The van der Waals surface area contributed by atoms with E-state index in [1.165, 1.54) is 22.3 Å². The molecule has 3 atom stereocenters. The van der Waals surface area contributed by atoms with Gasteiger partial charge in [0.2, 0.25) is 0 Å². The number of fused-ring (bicyclic) bond motifs is 4. The zero-order valence-electron chi connectivity index (χ0n) is 17.1. The largest absolute Gasteiger partial charge is 0.385 e. The lowest BCUT2D eigenvalue weighted by Gasteiger charge is -2.49. The minimum atomic E-state index is -0.735. The molecule has 3 aromatic rings. The molecule has 3 aromatic carbocycles. The van der Waals surface area contributed by atoms with Crippen LogP contribution in [0.15, 0.2) is 72.8 Å². The number of rotatable bonds is 1. The average molecular weight is 418 g/mol. The summed E-state index contributed by atoms with van der Waals surface area (Å²) in [5.74, 6) is 0.457. The molecule has 0 amide bonds. The lowest BCUT2D eigenvalue weighted by atomic mass is 9.72. The molecule has 0 spiro atoms. The van der Waals surface area contributed by atoms with Gasteiger partial charge in [0.25, 0.3) is 0 Å². The van der Waals surface area contributed by atoms with Crippen molar-refractivity contribution in [1.29, 1.82) is 0 Å². The molecule has 154 valence electrons. The van der Waals surface area contributed by atoms with Crippen molar-refractivity contribution in [3.8, 4) is 0 Å². The second-order valence-corrected chi connectivity index (χ2v) is 9.03. The molecular formula is C27H28ClNO. The van der Waals surface area contributed by atoms with E-state index in [1.54, 1.807) is 5.56 Å². The van der Waals surface area contributed by atoms with Crippen LogP contribution in [0.4, 0.5) is 0 Å². The minimum Gasteiger partial charge on any atom is -0.385 e. The van der Waals surface area contributed by atoms with E-state index >= 15 is 0 Å². The third kappa shape index (κ3) is 3.01. The fourth-order valence-electron chi connectivity index (χ4n) is 6.09. The number of aliphatic hydroxyl groups is 1. The minimum absolute atomic E-state index is 0. The number of nitrogens with zero attached hydrogens (tertiary/aromatic N) is 1. The van der Waals surface area contributed by atoms with Crippen molar-refractivity contribution in [1.82, 2.24) is 4.90 Å². The van der Waals surface area contributed by atoms with Crippen molar-refractivity contribution >= 4 is 12.4 Å². The number of aryl methyl sites for hydroxylation is 2. The third-order valence-corrected chi connectivity index (χ3v) is 7.54. The molecule has 1 N–H and O–H groups in total. The highest BCUT2D eigenvalue weighted by molar-refractivity contribution is 5.85. The standard InChI is InChI=1S/C27H27NO.ClH/c29-27(21-9-2-1-3-10-21)15-16-28-18-24-22-11-5-4-7-19(22)13-14-20-8-6-12-23(26(20)24)25(28)17-27;/h1-12,24-25,29H,13-18H2;1H/t24-,25-,27-;/m1./s1. The van der Waals surface area contributed by atoms with Crippen molar-refractivity contribution in [2.45, 2.75) is 43.2 Å². The molecule has 30 heavy (non-hydrogen) atoms. The number of piperidine rings is 1. The van der Waals surface area contributed by atoms with E-state index in [-0.39, 0.29) is 12.4 Å². The van der Waals surface area contributed by atoms with Crippen molar-refractivity contribution in [2.75, 3.05) is 13.1 Å². The highest BCUT2D eigenvalue weighted by Crippen LogP contribution is 2.50. The summed E-state index contributed by atoms with van der Waals surface area (Å²) in [7, 11) is 0. The Morgan fingerprint density at radius 1 is 0.800 bits per heavy atom. The van der Waals surface area contributed by atoms with Gasteiger partial charge in [-0.1, -0.05) is 72.8 Å². The summed E-state index contributed by atoms with van der Waals surface area (Å²) in [4.78, 5) is 2.64. The first-order valence-electron chi connectivity index (χ1n) is 10.9. The monoisotopic (exact) mass is 417 g/mol. The van der Waals surface area contributed by atoms with Gasteiger partial charge in [-0.05, 0) is 52.6 Å². The molecule has 1 aliphatic carbocycles. The first kappa shape index (κ1) is 19.8. The highest BCUT2D eigenvalue weighted by atomic mass is 35.5. The van der Waals surface area contributed by atoms with Crippen LogP contribution in [0.1, 0.15) is 58.2 Å². The van der Waals surface area contributed by atoms with E-state index in [0.717, 1.165) is 44.3 Å². The third-order valence-electron chi connectivity index (χ3n) is 7.54. The van der Waals surface area contributed by atoms with Gasteiger partial charge in [-0.3, -0.25) is 4.90 Å². The van der Waals surface area contributed by atoms with Crippen LogP contribution < -0.4 is 0 Å². The Bertz CT molecular complexity index is 1070. The Morgan fingerprint density at radius 2 is 1.50 bits per heavy atom. The first-order chi connectivity index (χ1) is 14.2. The van der Waals surface area contributed by atoms with E-state index in [1.807, 2.05) is 18.2 Å². The molecule has 0 bridgehead atoms. The second-order valence-electron chi connectivity index (χ2n) is 9.03. The predicted octanol–water partition coefficient (Wildman–Crippen LogP) is 5.38. The molecular weight excluding hydrogens is 390 g/mol.